The summed E-state index contributed by atoms with van der Waals surface area (Å²) < 4.78 is 0. The van der Waals surface area contributed by atoms with Crippen molar-refractivity contribution in [3.63, 3.8) is 0 Å². The van der Waals surface area contributed by atoms with Gasteiger partial charge >= 0.3 is 0 Å². The Morgan fingerprint density at radius 2 is 1.79 bits per heavy atom. The second-order valence-corrected chi connectivity index (χ2v) is 5.92. The van der Waals surface area contributed by atoms with Crippen molar-refractivity contribution in [1.82, 2.24) is 5.32 Å². The Kier molecular flexibility index (Phi) is 5.62. The molecule has 0 fully saturated rings. The molecule has 1 aromatic heterocycles. The van der Waals surface area contributed by atoms with Gasteiger partial charge in [0.25, 0.3) is 0 Å². The van der Waals surface area contributed by atoms with E-state index in [0.717, 1.165) is 19.3 Å². The van der Waals surface area contributed by atoms with Crippen LogP contribution in [0.1, 0.15) is 43.2 Å². The fraction of sp³-hybridized carbons (Fsp3) is 0.412. The van der Waals surface area contributed by atoms with E-state index in [-0.39, 0.29) is 0 Å². The summed E-state index contributed by atoms with van der Waals surface area (Å²) in [6.45, 7) is 4.52. The Morgan fingerprint density at radius 3 is 2.37 bits per heavy atom. The van der Waals surface area contributed by atoms with Gasteiger partial charge in [-0.3, -0.25) is 0 Å². The van der Waals surface area contributed by atoms with Gasteiger partial charge in [0.15, 0.2) is 0 Å². The smallest absolute Gasteiger partial charge is 0.0414 e. The van der Waals surface area contributed by atoms with Gasteiger partial charge in [-0.25, -0.2) is 0 Å². The summed E-state index contributed by atoms with van der Waals surface area (Å²) in [6, 6.07) is 16.2. The summed E-state index contributed by atoms with van der Waals surface area (Å²) >= 11 is 1.85. The lowest BCUT2D eigenvalue weighted by molar-refractivity contribution is 0.417. The van der Waals surface area contributed by atoms with E-state index in [1.807, 2.05) is 11.3 Å². The molecule has 2 rings (SSSR count). The predicted molar refractivity (Wildman–Crippen MR) is 84.7 cm³/mol. The Bertz CT molecular complexity index is 449. The maximum Gasteiger partial charge on any atom is 0.0414 e. The number of hydrogen-bond donors (Lipinski definition) is 1. The first-order chi connectivity index (χ1) is 9.33. The lowest BCUT2D eigenvalue weighted by atomic mass is 10.0. The van der Waals surface area contributed by atoms with Gasteiger partial charge in [0, 0.05) is 17.0 Å². The molecule has 2 aromatic rings. The van der Waals surface area contributed by atoms with Crippen LogP contribution in [0.5, 0.6) is 0 Å². The molecule has 1 aromatic carbocycles. The third-order valence-corrected chi connectivity index (χ3v) is 4.54. The summed E-state index contributed by atoms with van der Waals surface area (Å²) in [4.78, 5) is 1.45. The summed E-state index contributed by atoms with van der Waals surface area (Å²) in [5, 5.41) is 5.98. The van der Waals surface area contributed by atoms with Crippen molar-refractivity contribution in [1.29, 1.82) is 0 Å². The van der Waals surface area contributed by atoms with Crippen LogP contribution in [0.25, 0.3) is 0 Å². The van der Waals surface area contributed by atoms with Crippen LogP contribution in [-0.4, -0.2) is 6.04 Å². The molecule has 0 saturated heterocycles. The molecule has 0 saturated carbocycles. The third-order valence-electron chi connectivity index (χ3n) is 3.55. The summed E-state index contributed by atoms with van der Waals surface area (Å²) in [5.41, 5.74) is 1.42. The van der Waals surface area contributed by atoms with Crippen LogP contribution in [0, 0.1) is 0 Å². The average Bonchev–Trinajstić information content (AvgIpc) is 2.98. The molecule has 1 N–H and O–H groups in total. The molecule has 2 unspecified atom stereocenters. The van der Waals surface area contributed by atoms with Crippen molar-refractivity contribution in [2.75, 3.05) is 0 Å². The van der Waals surface area contributed by atoms with Crippen molar-refractivity contribution in [3.8, 4) is 0 Å². The standard InChI is InChI=1S/C17H23NS/c1-3-15(13-14-9-6-5-7-10-14)18-16(4-2)17-11-8-12-19-17/h5-12,15-16,18H,3-4,13H2,1-2H3. The van der Waals surface area contributed by atoms with E-state index in [9.17, 15) is 0 Å². The monoisotopic (exact) mass is 273 g/mol. The third kappa shape index (κ3) is 4.19. The Balaban J connectivity index is 1.98. The molecule has 0 aliphatic carbocycles. The second kappa shape index (κ2) is 7.46. The number of nitrogens with one attached hydrogen (secondary N) is 1. The second-order valence-electron chi connectivity index (χ2n) is 4.94. The van der Waals surface area contributed by atoms with E-state index in [1.165, 1.54) is 10.4 Å². The zero-order valence-corrected chi connectivity index (χ0v) is 12.6. The molecule has 0 amide bonds. The van der Waals surface area contributed by atoms with E-state index in [4.69, 9.17) is 0 Å². The van der Waals surface area contributed by atoms with E-state index >= 15 is 0 Å². The zero-order chi connectivity index (χ0) is 13.5. The van der Waals surface area contributed by atoms with Crippen LogP contribution in [0.4, 0.5) is 0 Å². The molecule has 0 bridgehead atoms. The summed E-state index contributed by atoms with van der Waals surface area (Å²) in [7, 11) is 0. The molecule has 1 heterocycles. The topological polar surface area (TPSA) is 12.0 Å². The van der Waals surface area contributed by atoms with Gasteiger partial charge in [-0.05, 0) is 36.3 Å². The number of benzene rings is 1. The van der Waals surface area contributed by atoms with Gasteiger partial charge in [-0.15, -0.1) is 11.3 Å². The summed E-state index contributed by atoms with van der Waals surface area (Å²) in [5.74, 6) is 0. The van der Waals surface area contributed by atoms with Crippen LogP contribution >= 0.6 is 11.3 Å². The van der Waals surface area contributed by atoms with Gasteiger partial charge in [-0.2, -0.15) is 0 Å². The molecule has 19 heavy (non-hydrogen) atoms. The number of thiophene rings is 1. The molecule has 0 spiro atoms. The fourth-order valence-corrected chi connectivity index (χ4v) is 3.27. The molecule has 102 valence electrons. The molecular formula is C17H23NS. The first-order valence-electron chi connectivity index (χ1n) is 7.16. The first kappa shape index (κ1) is 14.3. The lowest BCUT2D eigenvalue weighted by Gasteiger charge is -2.23. The largest absolute Gasteiger partial charge is 0.306 e. The normalized spacial score (nSPS) is 14.2. The van der Waals surface area contributed by atoms with E-state index < -0.39 is 0 Å². The van der Waals surface area contributed by atoms with Gasteiger partial charge in [0.05, 0.1) is 0 Å². The minimum absolute atomic E-state index is 0.494. The van der Waals surface area contributed by atoms with Gasteiger partial charge in [-0.1, -0.05) is 50.2 Å². The Hall–Kier alpha value is -1.12. The predicted octanol–water partition coefficient (Wildman–Crippen LogP) is 4.81. The average molecular weight is 273 g/mol. The number of rotatable bonds is 7. The highest BCUT2D eigenvalue weighted by molar-refractivity contribution is 7.10. The molecule has 0 aliphatic rings. The molecule has 2 heteroatoms. The molecule has 2 atom stereocenters. The SMILES string of the molecule is CCC(Cc1ccccc1)NC(CC)c1cccs1. The molecule has 0 radical (unpaired) electrons. The minimum Gasteiger partial charge on any atom is -0.306 e. The van der Waals surface area contributed by atoms with Crippen LogP contribution in [-0.2, 0) is 6.42 Å². The molecule has 1 nitrogen and oxygen atoms in total. The quantitative estimate of drug-likeness (QED) is 0.763. The van der Waals surface area contributed by atoms with Crippen LogP contribution in [0.15, 0.2) is 47.8 Å². The molecular weight excluding hydrogens is 250 g/mol. The van der Waals surface area contributed by atoms with Crippen molar-refractivity contribution in [2.45, 2.75) is 45.2 Å². The highest BCUT2D eigenvalue weighted by Crippen LogP contribution is 2.23. The van der Waals surface area contributed by atoms with Crippen LogP contribution in [0.2, 0.25) is 0 Å². The van der Waals surface area contributed by atoms with E-state index in [2.05, 4.69) is 67.0 Å². The highest BCUT2D eigenvalue weighted by atomic mass is 32.1. The highest BCUT2D eigenvalue weighted by Gasteiger charge is 2.15. The van der Waals surface area contributed by atoms with Crippen molar-refractivity contribution in [2.24, 2.45) is 0 Å². The van der Waals surface area contributed by atoms with Gasteiger partial charge < -0.3 is 5.32 Å². The minimum atomic E-state index is 0.494. The van der Waals surface area contributed by atoms with Crippen molar-refractivity contribution >= 4 is 11.3 Å². The maximum atomic E-state index is 3.81. The van der Waals surface area contributed by atoms with Crippen molar-refractivity contribution in [3.05, 3.63) is 58.3 Å². The first-order valence-corrected chi connectivity index (χ1v) is 8.04. The van der Waals surface area contributed by atoms with E-state index in [1.54, 1.807) is 0 Å². The van der Waals surface area contributed by atoms with Crippen molar-refractivity contribution < 1.29 is 0 Å². The number of hydrogen-bond acceptors (Lipinski definition) is 2. The maximum absolute atomic E-state index is 3.81. The fourth-order valence-electron chi connectivity index (χ4n) is 2.39. The van der Waals surface area contributed by atoms with Crippen LogP contribution in [0.3, 0.4) is 0 Å². The molecule has 0 aliphatic heterocycles. The lowest BCUT2D eigenvalue weighted by Crippen LogP contribution is -2.33. The Labute approximate surface area is 120 Å². The van der Waals surface area contributed by atoms with Gasteiger partial charge in [0.1, 0.15) is 0 Å². The Morgan fingerprint density at radius 1 is 1.00 bits per heavy atom. The zero-order valence-electron chi connectivity index (χ0n) is 11.8. The van der Waals surface area contributed by atoms with E-state index in [0.29, 0.717) is 12.1 Å². The van der Waals surface area contributed by atoms with Gasteiger partial charge in [0.2, 0.25) is 0 Å². The summed E-state index contributed by atoms with van der Waals surface area (Å²) in [6.07, 6.45) is 3.42. The van der Waals surface area contributed by atoms with Crippen LogP contribution < -0.4 is 5.32 Å².